The summed E-state index contributed by atoms with van der Waals surface area (Å²) in [6, 6.07) is 9.37. The minimum absolute atomic E-state index is 0.0379. The van der Waals surface area contributed by atoms with Gasteiger partial charge in [0.15, 0.2) is 5.13 Å². The van der Waals surface area contributed by atoms with E-state index in [0.29, 0.717) is 10.7 Å². The van der Waals surface area contributed by atoms with Gasteiger partial charge in [0.25, 0.3) is 0 Å². The zero-order chi connectivity index (χ0) is 21.7. The van der Waals surface area contributed by atoms with Gasteiger partial charge in [-0.2, -0.15) is 5.26 Å². The quantitative estimate of drug-likeness (QED) is 0.521. The van der Waals surface area contributed by atoms with Crippen molar-refractivity contribution in [1.29, 1.82) is 5.26 Å². The second-order valence-corrected chi connectivity index (χ2v) is 8.23. The van der Waals surface area contributed by atoms with Crippen LogP contribution >= 0.6 is 23.1 Å². The van der Waals surface area contributed by atoms with Crippen LogP contribution in [0.15, 0.2) is 46.4 Å². The van der Waals surface area contributed by atoms with Crippen molar-refractivity contribution >= 4 is 46.0 Å². The molecule has 0 spiro atoms. The number of allylic oxidation sites excluding steroid dienone is 1. The van der Waals surface area contributed by atoms with E-state index in [4.69, 9.17) is 4.74 Å². The average molecular weight is 443 g/mol. The number of thiazole rings is 1. The van der Waals surface area contributed by atoms with Gasteiger partial charge in [0.1, 0.15) is 5.92 Å². The number of benzene rings is 1. The van der Waals surface area contributed by atoms with E-state index in [-0.39, 0.29) is 22.3 Å². The van der Waals surface area contributed by atoms with Crippen LogP contribution in [-0.2, 0) is 19.1 Å². The van der Waals surface area contributed by atoms with E-state index >= 15 is 0 Å². The van der Waals surface area contributed by atoms with Crippen molar-refractivity contribution in [2.24, 2.45) is 5.92 Å². The molecule has 30 heavy (non-hydrogen) atoms. The van der Waals surface area contributed by atoms with E-state index in [1.54, 1.807) is 23.7 Å². The van der Waals surface area contributed by atoms with Crippen molar-refractivity contribution in [1.82, 2.24) is 10.3 Å². The Labute approximate surface area is 181 Å². The molecule has 1 aromatic carbocycles. The number of hydrogen-bond acceptors (Lipinski definition) is 8. The fraction of sp³-hybridized carbons (Fsp3) is 0.250. The zero-order valence-corrected chi connectivity index (χ0v) is 17.8. The molecular formula is C20H18N4O4S2. The van der Waals surface area contributed by atoms with Gasteiger partial charge in [0, 0.05) is 17.5 Å². The minimum Gasteiger partial charge on any atom is -0.468 e. The first-order valence-electron chi connectivity index (χ1n) is 8.87. The van der Waals surface area contributed by atoms with Crippen molar-refractivity contribution in [2.75, 3.05) is 18.2 Å². The lowest BCUT2D eigenvalue weighted by Gasteiger charge is -2.31. The Balaban J connectivity index is 1.94. The Hall–Kier alpha value is -3.16. The molecule has 10 heteroatoms. The van der Waals surface area contributed by atoms with Crippen LogP contribution in [0.4, 0.5) is 5.13 Å². The van der Waals surface area contributed by atoms with Gasteiger partial charge in [-0.25, -0.2) is 4.98 Å². The molecule has 0 saturated heterocycles. The Morgan fingerprint density at radius 2 is 2.17 bits per heavy atom. The third-order valence-corrected chi connectivity index (χ3v) is 6.24. The fourth-order valence-corrected chi connectivity index (χ4v) is 4.56. The van der Waals surface area contributed by atoms with Crippen LogP contribution in [-0.4, -0.2) is 35.6 Å². The van der Waals surface area contributed by atoms with Gasteiger partial charge in [-0.1, -0.05) is 36.0 Å². The van der Waals surface area contributed by atoms with Gasteiger partial charge >= 0.3 is 5.97 Å². The number of ether oxygens (including phenoxy) is 1. The number of nitrogens with zero attached hydrogens (tertiary/aromatic N) is 2. The SMILES string of the molecule is COC(=O)C1C(=O)NC(SCC(=O)Nc2nccs2)=C(C#N)C1c1ccccc1C. The summed E-state index contributed by atoms with van der Waals surface area (Å²) in [5.41, 5.74) is 1.74. The van der Waals surface area contributed by atoms with Crippen molar-refractivity contribution < 1.29 is 19.1 Å². The highest BCUT2D eigenvalue weighted by Gasteiger charge is 2.44. The summed E-state index contributed by atoms with van der Waals surface area (Å²) in [4.78, 5) is 41.4. The number of anilines is 1. The summed E-state index contributed by atoms with van der Waals surface area (Å²) in [6.45, 7) is 1.85. The number of amides is 2. The standard InChI is InChI=1S/C20H18N4O4S2/c1-11-5-3-4-6-12(11)15-13(9-21)18(24-17(26)16(15)19(27)28-2)30-10-14(25)23-20-22-7-8-29-20/h3-8,15-16H,10H2,1-2H3,(H,24,26)(H,22,23,25). The van der Waals surface area contributed by atoms with E-state index in [9.17, 15) is 19.6 Å². The Kier molecular flexibility index (Phi) is 6.87. The summed E-state index contributed by atoms with van der Waals surface area (Å²) in [5, 5.41) is 17.6. The highest BCUT2D eigenvalue weighted by atomic mass is 32.2. The van der Waals surface area contributed by atoms with Gasteiger partial charge in [-0.05, 0) is 18.1 Å². The van der Waals surface area contributed by atoms with Crippen LogP contribution in [0, 0.1) is 24.2 Å². The molecule has 0 bridgehead atoms. The highest BCUT2D eigenvalue weighted by Crippen LogP contribution is 2.41. The summed E-state index contributed by atoms with van der Waals surface area (Å²) < 4.78 is 4.83. The number of aromatic nitrogens is 1. The van der Waals surface area contributed by atoms with Crippen LogP contribution in [0.1, 0.15) is 17.0 Å². The Morgan fingerprint density at radius 3 is 2.80 bits per heavy atom. The van der Waals surface area contributed by atoms with Crippen LogP contribution in [0.25, 0.3) is 0 Å². The number of carbonyl (C=O) groups excluding carboxylic acids is 3. The third-order valence-electron chi connectivity index (χ3n) is 4.53. The summed E-state index contributed by atoms with van der Waals surface area (Å²) in [6.07, 6.45) is 1.57. The molecule has 1 aliphatic heterocycles. The van der Waals surface area contributed by atoms with Crippen molar-refractivity contribution in [3.63, 3.8) is 0 Å². The number of nitrogens with one attached hydrogen (secondary N) is 2. The van der Waals surface area contributed by atoms with Crippen molar-refractivity contribution in [3.05, 3.63) is 57.6 Å². The molecule has 0 radical (unpaired) electrons. The van der Waals surface area contributed by atoms with Gasteiger partial charge in [0.05, 0.1) is 29.5 Å². The smallest absolute Gasteiger partial charge is 0.319 e. The molecule has 2 heterocycles. The minimum atomic E-state index is -1.20. The third kappa shape index (κ3) is 4.53. The number of esters is 1. The number of nitriles is 1. The largest absolute Gasteiger partial charge is 0.468 e. The topological polar surface area (TPSA) is 121 Å². The summed E-state index contributed by atoms with van der Waals surface area (Å²) in [7, 11) is 1.20. The highest BCUT2D eigenvalue weighted by molar-refractivity contribution is 8.03. The number of rotatable bonds is 6. The molecule has 154 valence electrons. The van der Waals surface area contributed by atoms with Crippen LogP contribution in [0.3, 0.4) is 0 Å². The molecule has 1 aromatic heterocycles. The monoisotopic (exact) mass is 442 g/mol. The molecule has 2 aromatic rings. The number of carbonyl (C=O) groups is 3. The first-order chi connectivity index (χ1) is 14.5. The normalized spacial score (nSPS) is 18.4. The van der Waals surface area contributed by atoms with E-state index in [1.165, 1.54) is 18.4 Å². The molecule has 0 saturated carbocycles. The Bertz CT molecular complexity index is 1040. The second kappa shape index (κ2) is 9.56. The lowest BCUT2D eigenvalue weighted by atomic mass is 9.77. The average Bonchev–Trinajstić information content (AvgIpc) is 3.24. The maximum atomic E-state index is 12.8. The number of hydrogen-bond donors (Lipinski definition) is 2. The van der Waals surface area contributed by atoms with E-state index in [2.05, 4.69) is 21.7 Å². The molecular weight excluding hydrogens is 424 g/mol. The van der Waals surface area contributed by atoms with Crippen molar-refractivity contribution in [2.45, 2.75) is 12.8 Å². The van der Waals surface area contributed by atoms with E-state index in [1.807, 2.05) is 19.1 Å². The van der Waals surface area contributed by atoms with E-state index < -0.39 is 23.7 Å². The van der Waals surface area contributed by atoms with Gasteiger partial charge in [-0.3, -0.25) is 14.4 Å². The molecule has 2 atom stereocenters. The molecule has 2 N–H and O–H groups in total. The lowest BCUT2D eigenvalue weighted by molar-refractivity contribution is -0.150. The van der Waals surface area contributed by atoms with Gasteiger partial charge < -0.3 is 15.4 Å². The van der Waals surface area contributed by atoms with Gasteiger partial charge in [0.2, 0.25) is 11.8 Å². The molecule has 0 aliphatic carbocycles. The van der Waals surface area contributed by atoms with Crippen molar-refractivity contribution in [3.8, 4) is 6.07 Å². The predicted octanol–water partition coefficient (Wildman–Crippen LogP) is 2.56. The summed E-state index contributed by atoms with van der Waals surface area (Å²) in [5.74, 6) is -3.65. The fourth-order valence-electron chi connectivity index (χ4n) is 3.17. The lowest BCUT2D eigenvalue weighted by Crippen LogP contribution is -2.44. The van der Waals surface area contributed by atoms with Crippen LogP contribution < -0.4 is 10.6 Å². The zero-order valence-electron chi connectivity index (χ0n) is 16.2. The first-order valence-corrected chi connectivity index (χ1v) is 10.7. The number of thioether (sulfide) groups is 1. The summed E-state index contributed by atoms with van der Waals surface area (Å²) >= 11 is 2.31. The van der Waals surface area contributed by atoms with Crippen LogP contribution in [0.5, 0.6) is 0 Å². The maximum Gasteiger partial charge on any atom is 0.319 e. The molecule has 2 amide bonds. The second-order valence-electron chi connectivity index (χ2n) is 6.35. The maximum absolute atomic E-state index is 12.8. The Morgan fingerprint density at radius 1 is 1.40 bits per heavy atom. The molecule has 3 rings (SSSR count). The van der Waals surface area contributed by atoms with Crippen LogP contribution in [0.2, 0.25) is 0 Å². The molecule has 2 unspecified atom stereocenters. The van der Waals surface area contributed by atoms with Gasteiger partial charge in [-0.15, -0.1) is 11.3 Å². The number of methoxy groups -OCH3 is 1. The molecule has 0 fully saturated rings. The predicted molar refractivity (Wildman–Crippen MR) is 113 cm³/mol. The molecule has 8 nitrogen and oxygen atoms in total. The van der Waals surface area contributed by atoms with E-state index in [0.717, 1.165) is 17.3 Å². The number of aryl methyl sites for hydroxylation is 1. The molecule has 1 aliphatic rings. The first kappa shape index (κ1) is 21.5.